The lowest BCUT2D eigenvalue weighted by Crippen LogP contribution is -2.15. The van der Waals surface area contributed by atoms with Crippen LogP contribution in [0, 0.1) is 0 Å². The van der Waals surface area contributed by atoms with Crippen LogP contribution in [0.5, 0.6) is 0 Å². The zero-order valence-corrected chi connectivity index (χ0v) is 53.6. The molecule has 0 N–H and O–H groups in total. The van der Waals surface area contributed by atoms with Crippen molar-refractivity contribution in [2.45, 2.75) is 360 Å². The van der Waals surface area contributed by atoms with Crippen molar-refractivity contribution in [3.63, 3.8) is 0 Å². The molecule has 0 spiro atoms. The number of carbonyl (C=O) groups excluding carboxylic acids is 4. The van der Waals surface area contributed by atoms with E-state index in [0.717, 1.165) is 51.4 Å². The predicted molar refractivity (Wildman–Crippen MR) is 348 cm³/mol. The molecule has 0 aliphatic heterocycles. The molecule has 0 heterocycles. The van der Waals surface area contributed by atoms with Crippen LogP contribution in [0.15, 0.2) is 49.6 Å². The van der Waals surface area contributed by atoms with Gasteiger partial charge >= 0.3 is 23.9 Å². The zero-order chi connectivity index (χ0) is 59.0. The SMILES string of the molecule is C=CC(=O)OCCCCCCCCCCCCCCCCCCCCCCCCCCCCCCOC(=O)c1ccccc1C(=O)OCCCCCCCCCCCCCCCCCCCCCCCCCCCCCCOC(=O)C=C. The number of esters is 4. The number of hydrogen-bond acceptors (Lipinski definition) is 8. The average Bonchev–Trinajstić information content (AvgIpc) is 3.63. The minimum absolute atomic E-state index is 0.305. The molecule has 0 saturated heterocycles. The smallest absolute Gasteiger partial charge is 0.339 e. The van der Waals surface area contributed by atoms with Crippen LogP contribution in [0.25, 0.3) is 0 Å². The Morgan fingerprint density at radius 3 is 0.512 bits per heavy atom. The molecule has 1 aromatic rings. The second-order valence-corrected chi connectivity index (χ2v) is 24.4. The van der Waals surface area contributed by atoms with E-state index < -0.39 is 11.9 Å². The van der Waals surface area contributed by atoms with Gasteiger partial charge in [-0.3, -0.25) is 0 Å². The summed E-state index contributed by atoms with van der Waals surface area (Å²) < 4.78 is 21.2. The van der Waals surface area contributed by atoms with E-state index in [2.05, 4.69) is 13.2 Å². The zero-order valence-electron chi connectivity index (χ0n) is 53.6. The van der Waals surface area contributed by atoms with Crippen molar-refractivity contribution >= 4 is 23.9 Å². The largest absolute Gasteiger partial charge is 0.463 e. The van der Waals surface area contributed by atoms with Crippen LogP contribution in [0.4, 0.5) is 0 Å². The lowest BCUT2D eigenvalue weighted by molar-refractivity contribution is -0.138. The number of unbranched alkanes of at least 4 members (excludes halogenated alkanes) is 54. The van der Waals surface area contributed by atoms with Crippen LogP contribution >= 0.6 is 0 Å². The second-order valence-electron chi connectivity index (χ2n) is 24.4. The molecule has 0 unspecified atom stereocenters. The van der Waals surface area contributed by atoms with Gasteiger partial charge in [-0.2, -0.15) is 0 Å². The van der Waals surface area contributed by atoms with Crippen LogP contribution in [-0.4, -0.2) is 50.3 Å². The summed E-state index contributed by atoms with van der Waals surface area (Å²) in [6.45, 7) is 8.68. The fraction of sp³-hybridized carbons (Fsp3) is 0.811. The molecule has 0 saturated carbocycles. The van der Waals surface area contributed by atoms with Gasteiger partial charge in [0.15, 0.2) is 0 Å². The van der Waals surface area contributed by atoms with Crippen molar-refractivity contribution < 1.29 is 38.1 Å². The maximum atomic E-state index is 12.9. The summed E-state index contributed by atoms with van der Waals surface area (Å²) in [5.74, 6) is -1.48. The van der Waals surface area contributed by atoms with E-state index in [0.29, 0.717) is 37.6 Å². The molecule has 8 nitrogen and oxygen atoms in total. The lowest BCUT2D eigenvalue weighted by Gasteiger charge is -2.10. The predicted octanol–water partition coefficient (Wildman–Crippen LogP) is 23.3. The summed E-state index contributed by atoms with van der Waals surface area (Å²) in [7, 11) is 0. The Morgan fingerprint density at radius 1 is 0.232 bits per heavy atom. The van der Waals surface area contributed by atoms with E-state index in [4.69, 9.17) is 18.9 Å². The van der Waals surface area contributed by atoms with Crippen LogP contribution < -0.4 is 0 Å². The van der Waals surface area contributed by atoms with Gasteiger partial charge in [0.1, 0.15) is 0 Å². The third-order valence-electron chi connectivity index (χ3n) is 16.7. The Morgan fingerprint density at radius 2 is 0.366 bits per heavy atom. The number of benzene rings is 1. The van der Waals surface area contributed by atoms with Crippen LogP contribution in [0.3, 0.4) is 0 Å². The molecule has 0 bridgehead atoms. The fourth-order valence-corrected chi connectivity index (χ4v) is 11.4. The second kappa shape index (κ2) is 63.6. The van der Waals surface area contributed by atoms with Crippen molar-refractivity contribution in [2.75, 3.05) is 26.4 Å². The number of rotatable bonds is 66. The molecule has 82 heavy (non-hydrogen) atoms. The summed E-state index contributed by atoms with van der Waals surface area (Å²) >= 11 is 0. The van der Waals surface area contributed by atoms with Gasteiger partial charge in [-0.1, -0.05) is 359 Å². The van der Waals surface area contributed by atoms with E-state index in [1.165, 1.54) is 320 Å². The average molecular weight is 1150 g/mol. The summed E-state index contributed by atoms with van der Waals surface area (Å²) in [6.07, 6.45) is 76.1. The molecule has 0 amide bonds. The van der Waals surface area contributed by atoms with Gasteiger partial charge in [-0.25, -0.2) is 19.2 Å². The summed E-state index contributed by atoms with van der Waals surface area (Å²) in [6, 6.07) is 6.91. The molecular formula is C74H130O8. The minimum Gasteiger partial charge on any atom is -0.463 e. The summed E-state index contributed by atoms with van der Waals surface area (Å²) in [5, 5.41) is 0. The fourth-order valence-electron chi connectivity index (χ4n) is 11.4. The number of hydrogen-bond donors (Lipinski definition) is 0. The van der Waals surface area contributed by atoms with Crippen molar-refractivity contribution in [3.05, 3.63) is 60.7 Å². The molecule has 0 radical (unpaired) electrons. The van der Waals surface area contributed by atoms with Gasteiger partial charge in [-0.05, 0) is 37.8 Å². The molecule has 1 aromatic carbocycles. The van der Waals surface area contributed by atoms with Crippen LogP contribution in [0.1, 0.15) is 380 Å². The molecule has 0 fully saturated rings. The maximum Gasteiger partial charge on any atom is 0.339 e. The topological polar surface area (TPSA) is 105 Å². The Hall–Kier alpha value is -3.42. The summed E-state index contributed by atoms with van der Waals surface area (Å²) in [4.78, 5) is 47.9. The molecule has 8 heteroatoms. The van der Waals surface area contributed by atoms with E-state index >= 15 is 0 Å². The molecule has 0 atom stereocenters. The van der Waals surface area contributed by atoms with Gasteiger partial charge < -0.3 is 18.9 Å². The third-order valence-corrected chi connectivity index (χ3v) is 16.7. The highest BCUT2D eigenvalue weighted by Crippen LogP contribution is 2.20. The molecule has 1 rings (SSSR count). The normalized spacial score (nSPS) is 11.2. The van der Waals surface area contributed by atoms with Crippen molar-refractivity contribution in [1.82, 2.24) is 0 Å². The quantitative estimate of drug-likeness (QED) is 0.0275. The van der Waals surface area contributed by atoms with Gasteiger partial charge in [0.2, 0.25) is 0 Å². The highest BCUT2D eigenvalue weighted by atomic mass is 16.5. The molecular weight excluding hydrogens is 1020 g/mol. The van der Waals surface area contributed by atoms with E-state index in [-0.39, 0.29) is 11.9 Å². The minimum atomic E-state index is -0.431. The molecule has 0 aliphatic rings. The first kappa shape index (κ1) is 76.6. The van der Waals surface area contributed by atoms with E-state index in [9.17, 15) is 19.2 Å². The van der Waals surface area contributed by atoms with Gasteiger partial charge in [0.25, 0.3) is 0 Å². The molecule has 0 aliphatic carbocycles. The standard InChI is InChI=1S/C74H130O8/c1-3-71(75)79-65-59-53-49-45-41-37-33-29-25-21-17-13-9-5-7-11-15-19-23-27-31-35-39-43-47-51-55-61-67-81-73(77)69-63-57-58-64-70(69)74(78)82-68-62-56-52-48-44-40-36-32-28-24-20-16-12-8-6-10-14-18-22-26-30-34-38-42-46-50-54-60-66-80-72(76)4-2/h3-4,57-58,63-64H,1-2,5-56,59-62,65-68H2. The number of carbonyl (C=O) groups is 4. The lowest BCUT2D eigenvalue weighted by atomic mass is 10.0. The maximum absolute atomic E-state index is 12.9. The summed E-state index contributed by atoms with van der Waals surface area (Å²) in [5.41, 5.74) is 0.610. The van der Waals surface area contributed by atoms with E-state index in [1.807, 2.05) is 0 Å². The van der Waals surface area contributed by atoms with Gasteiger partial charge in [-0.15, -0.1) is 0 Å². The first-order valence-corrected chi connectivity index (χ1v) is 35.5. The molecule has 0 aromatic heterocycles. The van der Waals surface area contributed by atoms with Crippen LogP contribution in [-0.2, 0) is 28.5 Å². The number of ether oxygens (including phenoxy) is 4. The van der Waals surface area contributed by atoms with Crippen molar-refractivity contribution in [1.29, 1.82) is 0 Å². The van der Waals surface area contributed by atoms with E-state index in [1.54, 1.807) is 24.3 Å². The first-order chi connectivity index (χ1) is 40.5. The van der Waals surface area contributed by atoms with Crippen LogP contribution in [0.2, 0.25) is 0 Å². The van der Waals surface area contributed by atoms with Gasteiger partial charge in [0.05, 0.1) is 37.6 Å². The Kier molecular flexibility index (Phi) is 59.4. The van der Waals surface area contributed by atoms with Gasteiger partial charge in [0, 0.05) is 12.2 Å². The van der Waals surface area contributed by atoms with Crippen molar-refractivity contribution in [2.24, 2.45) is 0 Å². The monoisotopic (exact) mass is 1150 g/mol. The highest BCUT2D eigenvalue weighted by Gasteiger charge is 2.19. The first-order valence-electron chi connectivity index (χ1n) is 35.5. The van der Waals surface area contributed by atoms with Crippen molar-refractivity contribution in [3.8, 4) is 0 Å². The Labute approximate surface area is 506 Å². The Bertz CT molecular complexity index is 1470. The highest BCUT2D eigenvalue weighted by molar-refractivity contribution is 6.03. The molecule has 474 valence electrons. The third kappa shape index (κ3) is 54.5. The Balaban J connectivity index is 1.81.